The fourth-order valence-electron chi connectivity index (χ4n) is 1.86. The van der Waals surface area contributed by atoms with Crippen LogP contribution >= 0.6 is 0 Å². The van der Waals surface area contributed by atoms with E-state index in [1.165, 1.54) is 18.2 Å². The predicted octanol–water partition coefficient (Wildman–Crippen LogP) is 3.79. The second-order valence-corrected chi connectivity index (χ2v) is 4.56. The highest BCUT2D eigenvalue weighted by molar-refractivity contribution is 6.02. The number of aryl methyl sites for hydroxylation is 1. The summed E-state index contributed by atoms with van der Waals surface area (Å²) in [5, 5.41) is 2.71. The van der Waals surface area contributed by atoms with Crippen LogP contribution in [0, 0.1) is 12.7 Å². The molecule has 108 valence electrons. The summed E-state index contributed by atoms with van der Waals surface area (Å²) in [4.78, 5) is 11.9. The van der Waals surface area contributed by atoms with Gasteiger partial charge in [0.25, 0.3) is 0 Å². The second-order valence-electron chi connectivity index (χ2n) is 4.56. The van der Waals surface area contributed by atoms with Crippen LogP contribution in [0.25, 0.3) is 6.08 Å². The average molecular weight is 285 g/mol. The van der Waals surface area contributed by atoms with Crippen LogP contribution in [0.15, 0.2) is 48.5 Å². The van der Waals surface area contributed by atoms with Crippen molar-refractivity contribution in [3.63, 3.8) is 0 Å². The van der Waals surface area contributed by atoms with E-state index in [0.717, 1.165) is 11.3 Å². The van der Waals surface area contributed by atoms with Gasteiger partial charge >= 0.3 is 0 Å². The van der Waals surface area contributed by atoms with Gasteiger partial charge in [0.1, 0.15) is 11.6 Å². The third kappa shape index (κ3) is 4.18. The van der Waals surface area contributed by atoms with Crippen LogP contribution in [0.4, 0.5) is 10.1 Å². The van der Waals surface area contributed by atoms with Gasteiger partial charge < -0.3 is 10.1 Å². The lowest BCUT2D eigenvalue weighted by Crippen LogP contribution is -2.09. The molecule has 0 unspecified atom stereocenters. The zero-order valence-electron chi connectivity index (χ0n) is 11.9. The van der Waals surface area contributed by atoms with E-state index < -0.39 is 0 Å². The van der Waals surface area contributed by atoms with Crippen molar-refractivity contribution in [3.05, 3.63) is 65.5 Å². The van der Waals surface area contributed by atoms with Crippen molar-refractivity contribution in [1.82, 2.24) is 0 Å². The number of hydrogen-bond donors (Lipinski definition) is 1. The molecule has 0 spiro atoms. The molecule has 0 bridgehead atoms. The van der Waals surface area contributed by atoms with Crippen LogP contribution in [0.2, 0.25) is 0 Å². The van der Waals surface area contributed by atoms with Gasteiger partial charge in [-0.05, 0) is 54.5 Å². The number of benzene rings is 2. The Bertz CT molecular complexity index is 680. The Labute approximate surface area is 123 Å². The molecule has 2 aromatic rings. The highest BCUT2D eigenvalue weighted by atomic mass is 19.1. The highest BCUT2D eigenvalue weighted by Gasteiger charge is 2.02. The molecule has 21 heavy (non-hydrogen) atoms. The first kappa shape index (κ1) is 14.8. The van der Waals surface area contributed by atoms with E-state index in [1.54, 1.807) is 26.2 Å². The van der Waals surface area contributed by atoms with Crippen molar-refractivity contribution in [3.8, 4) is 5.75 Å². The van der Waals surface area contributed by atoms with Gasteiger partial charge in [-0.25, -0.2) is 4.39 Å². The molecule has 1 N–H and O–H groups in total. The van der Waals surface area contributed by atoms with E-state index in [1.807, 2.05) is 24.3 Å². The molecule has 0 radical (unpaired) electrons. The SMILES string of the molecule is COc1cccc(/C=C/C(=O)Nc2ccc(F)cc2C)c1. The third-order valence-electron chi connectivity index (χ3n) is 2.97. The summed E-state index contributed by atoms with van der Waals surface area (Å²) in [7, 11) is 1.59. The summed E-state index contributed by atoms with van der Waals surface area (Å²) >= 11 is 0. The topological polar surface area (TPSA) is 38.3 Å². The third-order valence-corrected chi connectivity index (χ3v) is 2.97. The fourth-order valence-corrected chi connectivity index (χ4v) is 1.86. The summed E-state index contributed by atoms with van der Waals surface area (Å²) in [5.74, 6) is 0.136. The zero-order valence-corrected chi connectivity index (χ0v) is 11.9. The number of rotatable bonds is 4. The van der Waals surface area contributed by atoms with Gasteiger partial charge in [0.05, 0.1) is 7.11 Å². The number of nitrogens with one attached hydrogen (secondary N) is 1. The van der Waals surface area contributed by atoms with Crippen molar-refractivity contribution in [1.29, 1.82) is 0 Å². The van der Waals surface area contributed by atoms with Crippen LogP contribution in [0.5, 0.6) is 5.75 Å². The first-order valence-electron chi connectivity index (χ1n) is 6.48. The molecule has 1 amide bonds. The van der Waals surface area contributed by atoms with Crippen LogP contribution in [0.3, 0.4) is 0 Å². The molecular weight excluding hydrogens is 269 g/mol. The van der Waals surface area contributed by atoms with Crippen LogP contribution in [-0.2, 0) is 4.79 Å². The van der Waals surface area contributed by atoms with Crippen molar-refractivity contribution in [2.75, 3.05) is 12.4 Å². The molecule has 0 aliphatic carbocycles. The molecule has 0 aliphatic heterocycles. The number of carbonyl (C=O) groups excluding carboxylic acids is 1. The number of amides is 1. The van der Waals surface area contributed by atoms with Crippen molar-refractivity contribution >= 4 is 17.7 Å². The Morgan fingerprint density at radius 3 is 2.76 bits per heavy atom. The lowest BCUT2D eigenvalue weighted by molar-refractivity contribution is -0.111. The minimum atomic E-state index is -0.322. The first-order valence-corrected chi connectivity index (χ1v) is 6.48. The van der Waals surface area contributed by atoms with Gasteiger partial charge in [0.2, 0.25) is 5.91 Å². The molecule has 3 nitrogen and oxygen atoms in total. The summed E-state index contributed by atoms with van der Waals surface area (Å²) in [6.07, 6.45) is 3.12. The summed E-state index contributed by atoms with van der Waals surface area (Å²) in [6.45, 7) is 1.74. The van der Waals surface area contributed by atoms with Crippen molar-refractivity contribution < 1.29 is 13.9 Å². The van der Waals surface area contributed by atoms with Gasteiger partial charge in [-0.2, -0.15) is 0 Å². The monoisotopic (exact) mass is 285 g/mol. The zero-order chi connectivity index (χ0) is 15.2. The Kier molecular flexibility index (Phi) is 4.72. The number of methoxy groups -OCH3 is 1. The van der Waals surface area contributed by atoms with Crippen molar-refractivity contribution in [2.24, 2.45) is 0 Å². The smallest absolute Gasteiger partial charge is 0.248 e. The Balaban J connectivity index is 2.05. The molecule has 0 atom stereocenters. The van der Waals surface area contributed by atoms with Gasteiger partial charge in [-0.15, -0.1) is 0 Å². The van der Waals surface area contributed by atoms with Crippen LogP contribution in [-0.4, -0.2) is 13.0 Å². The van der Waals surface area contributed by atoms with Crippen LogP contribution in [0.1, 0.15) is 11.1 Å². The minimum absolute atomic E-state index is 0.271. The van der Waals surface area contributed by atoms with E-state index in [9.17, 15) is 9.18 Å². The Morgan fingerprint density at radius 2 is 2.05 bits per heavy atom. The molecule has 0 saturated carbocycles. The molecule has 0 aliphatic rings. The van der Waals surface area contributed by atoms with Crippen molar-refractivity contribution in [2.45, 2.75) is 6.92 Å². The predicted molar refractivity (Wildman–Crippen MR) is 81.8 cm³/mol. The quantitative estimate of drug-likeness (QED) is 0.868. The van der Waals surface area contributed by atoms with E-state index in [2.05, 4.69) is 5.32 Å². The lowest BCUT2D eigenvalue weighted by atomic mass is 10.2. The number of halogens is 1. The molecule has 0 heterocycles. The Hall–Kier alpha value is -2.62. The summed E-state index contributed by atoms with van der Waals surface area (Å²) < 4.78 is 18.1. The Morgan fingerprint density at radius 1 is 1.24 bits per heavy atom. The standard InChI is InChI=1S/C17H16FNO2/c1-12-10-14(18)7-8-16(12)19-17(20)9-6-13-4-3-5-15(11-13)21-2/h3-11H,1-2H3,(H,19,20)/b9-6+. The molecule has 0 saturated heterocycles. The minimum Gasteiger partial charge on any atom is -0.497 e. The normalized spacial score (nSPS) is 10.6. The fraction of sp³-hybridized carbons (Fsp3) is 0.118. The summed E-state index contributed by atoms with van der Waals surface area (Å²) in [5.41, 5.74) is 2.13. The highest BCUT2D eigenvalue weighted by Crippen LogP contribution is 2.16. The van der Waals surface area contributed by atoms with Gasteiger partial charge in [0, 0.05) is 11.8 Å². The number of carbonyl (C=O) groups is 1. The van der Waals surface area contributed by atoms with Gasteiger partial charge in [0.15, 0.2) is 0 Å². The number of ether oxygens (including phenoxy) is 1. The maximum atomic E-state index is 13.0. The molecule has 2 aromatic carbocycles. The molecule has 0 fully saturated rings. The number of hydrogen-bond acceptors (Lipinski definition) is 2. The second kappa shape index (κ2) is 6.70. The lowest BCUT2D eigenvalue weighted by Gasteiger charge is -2.06. The maximum Gasteiger partial charge on any atom is 0.248 e. The van der Waals surface area contributed by atoms with Crippen LogP contribution < -0.4 is 10.1 Å². The number of anilines is 1. The molecule has 4 heteroatoms. The van der Waals surface area contributed by atoms with E-state index in [0.29, 0.717) is 11.3 Å². The van der Waals surface area contributed by atoms with Gasteiger partial charge in [-0.3, -0.25) is 4.79 Å². The molecular formula is C17H16FNO2. The maximum absolute atomic E-state index is 13.0. The summed E-state index contributed by atoms with van der Waals surface area (Å²) in [6, 6.07) is 11.6. The average Bonchev–Trinajstić information content (AvgIpc) is 2.48. The van der Waals surface area contributed by atoms with E-state index >= 15 is 0 Å². The molecule has 2 rings (SSSR count). The first-order chi connectivity index (χ1) is 10.1. The largest absolute Gasteiger partial charge is 0.497 e. The molecule has 0 aromatic heterocycles. The van der Waals surface area contributed by atoms with E-state index in [4.69, 9.17) is 4.74 Å². The van der Waals surface area contributed by atoms with E-state index in [-0.39, 0.29) is 11.7 Å². The van der Waals surface area contributed by atoms with Gasteiger partial charge in [-0.1, -0.05) is 12.1 Å².